The van der Waals surface area contributed by atoms with E-state index in [2.05, 4.69) is 16.4 Å². The number of nitrogens with one attached hydrogen (secondary N) is 1. The van der Waals surface area contributed by atoms with Crippen LogP contribution in [-0.2, 0) is 4.79 Å². The zero-order valence-electron chi connectivity index (χ0n) is 15.1. The summed E-state index contributed by atoms with van der Waals surface area (Å²) in [4.78, 5) is 17.3. The Morgan fingerprint density at radius 2 is 2.15 bits per heavy atom. The number of benzene rings is 2. The topological polar surface area (TPSA) is 75.0 Å². The van der Waals surface area contributed by atoms with Gasteiger partial charge in [-0.3, -0.25) is 4.79 Å². The number of thioether (sulfide) groups is 1. The zero-order chi connectivity index (χ0) is 19.2. The molecule has 27 heavy (non-hydrogen) atoms. The lowest BCUT2D eigenvalue weighted by Gasteiger charge is -2.13. The number of nitrogens with zero attached hydrogens (tertiary/aromatic N) is 2. The standard InChI is InChI=1S/C20H19N3O2S2/c1-3-17(19(24)22-15-8-6-5-7-13(15)12-21)26-20-23-16-10-9-14(25-4-2)11-18(16)27-20/h5-11,17H,3-4H2,1-2H3,(H,22,24). The minimum atomic E-state index is -0.288. The van der Waals surface area contributed by atoms with E-state index in [4.69, 9.17) is 4.74 Å². The molecule has 0 saturated heterocycles. The van der Waals surface area contributed by atoms with Gasteiger partial charge in [0, 0.05) is 0 Å². The lowest BCUT2D eigenvalue weighted by Crippen LogP contribution is -2.24. The van der Waals surface area contributed by atoms with Gasteiger partial charge in [-0.25, -0.2) is 4.98 Å². The molecule has 3 rings (SSSR count). The Kier molecular flexibility index (Phi) is 6.32. The van der Waals surface area contributed by atoms with Gasteiger partial charge in [-0.05, 0) is 43.7 Å². The molecule has 0 saturated carbocycles. The monoisotopic (exact) mass is 397 g/mol. The first kappa shape index (κ1) is 19.2. The van der Waals surface area contributed by atoms with Crippen LogP contribution in [0.1, 0.15) is 25.8 Å². The molecule has 1 aromatic heterocycles. The summed E-state index contributed by atoms with van der Waals surface area (Å²) in [5.74, 6) is 0.697. The van der Waals surface area contributed by atoms with Crippen molar-refractivity contribution in [3.63, 3.8) is 0 Å². The number of carbonyl (C=O) groups excluding carboxylic acids is 1. The highest BCUT2D eigenvalue weighted by atomic mass is 32.2. The number of para-hydroxylation sites is 1. The zero-order valence-corrected chi connectivity index (χ0v) is 16.7. The summed E-state index contributed by atoms with van der Waals surface area (Å²) in [5, 5.41) is 11.8. The Morgan fingerprint density at radius 1 is 1.33 bits per heavy atom. The van der Waals surface area contributed by atoms with Crippen LogP contribution in [0.4, 0.5) is 5.69 Å². The molecule has 0 fully saturated rings. The summed E-state index contributed by atoms with van der Waals surface area (Å²) in [6.07, 6.45) is 0.658. The fourth-order valence-corrected chi connectivity index (χ4v) is 4.80. The van der Waals surface area contributed by atoms with Crippen LogP contribution in [0.15, 0.2) is 46.8 Å². The second-order valence-electron chi connectivity index (χ2n) is 5.70. The maximum atomic E-state index is 12.7. The van der Waals surface area contributed by atoms with Crippen molar-refractivity contribution in [2.75, 3.05) is 11.9 Å². The molecule has 1 N–H and O–H groups in total. The maximum Gasteiger partial charge on any atom is 0.237 e. The SMILES string of the molecule is CCOc1ccc2nc(SC(CC)C(=O)Nc3ccccc3C#N)sc2c1. The minimum absolute atomic E-state index is 0.125. The highest BCUT2D eigenvalue weighted by molar-refractivity contribution is 8.02. The third-order valence-corrected chi connectivity index (χ3v) is 6.34. The summed E-state index contributed by atoms with van der Waals surface area (Å²) >= 11 is 3.00. The molecule has 1 heterocycles. The van der Waals surface area contributed by atoms with Crippen LogP contribution >= 0.6 is 23.1 Å². The molecule has 3 aromatic rings. The van der Waals surface area contributed by atoms with Crippen molar-refractivity contribution in [2.24, 2.45) is 0 Å². The number of carbonyl (C=O) groups is 1. The van der Waals surface area contributed by atoms with E-state index >= 15 is 0 Å². The van der Waals surface area contributed by atoms with Crippen LogP contribution in [0.2, 0.25) is 0 Å². The molecule has 138 valence electrons. The number of fused-ring (bicyclic) bond motifs is 1. The number of amides is 1. The summed E-state index contributed by atoms with van der Waals surface area (Å²) in [6.45, 7) is 4.54. The first-order chi connectivity index (χ1) is 13.1. The Hall–Kier alpha value is -2.56. The molecule has 0 spiro atoms. The molecular formula is C20H19N3O2S2. The summed E-state index contributed by atoms with van der Waals surface area (Å²) in [7, 11) is 0. The molecule has 5 nitrogen and oxygen atoms in total. The van der Waals surface area contributed by atoms with Crippen molar-refractivity contribution >= 4 is 44.9 Å². The number of aromatic nitrogens is 1. The Morgan fingerprint density at radius 3 is 2.89 bits per heavy atom. The summed E-state index contributed by atoms with van der Waals surface area (Å²) < 4.78 is 7.41. The molecule has 1 unspecified atom stereocenters. The quantitative estimate of drug-likeness (QED) is 0.563. The lowest BCUT2D eigenvalue weighted by molar-refractivity contribution is -0.115. The number of anilines is 1. The first-order valence-electron chi connectivity index (χ1n) is 8.64. The van der Waals surface area contributed by atoms with Gasteiger partial charge in [0.05, 0.1) is 33.3 Å². The predicted octanol–water partition coefficient (Wildman–Crippen LogP) is 5.08. The van der Waals surface area contributed by atoms with Crippen LogP contribution in [0, 0.1) is 11.3 Å². The van der Waals surface area contributed by atoms with Crippen LogP contribution in [0.25, 0.3) is 10.2 Å². The third kappa shape index (κ3) is 4.59. The van der Waals surface area contributed by atoms with E-state index in [0.29, 0.717) is 24.3 Å². The normalized spacial score (nSPS) is 11.7. The average molecular weight is 398 g/mol. The number of hydrogen-bond donors (Lipinski definition) is 1. The average Bonchev–Trinajstić information content (AvgIpc) is 3.08. The van der Waals surface area contributed by atoms with E-state index in [0.717, 1.165) is 20.3 Å². The van der Waals surface area contributed by atoms with Crippen molar-refractivity contribution in [3.05, 3.63) is 48.0 Å². The minimum Gasteiger partial charge on any atom is -0.494 e. The van der Waals surface area contributed by atoms with Crippen molar-refractivity contribution in [3.8, 4) is 11.8 Å². The molecule has 1 amide bonds. The predicted molar refractivity (Wildman–Crippen MR) is 111 cm³/mol. The molecular weight excluding hydrogens is 378 g/mol. The number of nitriles is 1. The van der Waals surface area contributed by atoms with Gasteiger partial charge in [0.25, 0.3) is 0 Å². The van der Waals surface area contributed by atoms with Gasteiger partial charge < -0.3 is 10.1 Å². The molecule has 2 aromatic carbocycles. The van der Waals surface area contributed by atoms with Crippen LogP contribution in [-0.4, -0.2) is 22.7 Å². The van der Waals surface area contributed by atoms with Gasteiger partial charge in [-0.1, -0.05) is 30.8 Å². The number of hydrogen-bond acceptors (Lipinski definition) is 6. The number of ether oxygens (including phenoxy) is 1. The van der Waals surface area contributed by atoms with Gasteiger partial charge in [0.15, 0.2) is 4.34 Å². The molecule has 0 aliphatic carbocycles. The van der Waals surface area contributed by atoms with E-state index < -0.39 is 0 Å². The molecule has 1 atom stereocenters. The fraction of sp³-hybridized carbons (Fsp3) is 0.250. The fourth-order valence-electron chi connectivity index (χ4n) is 2.54. The van der Waals surface area contributed by atoms with Gasteiger partial charge in [0.2, 0.25) is 5.91 Å². The Balaban J connectivity index is 1.75. The smallest absolute Gasteiger partial charge is 0.237 e. The van der Waals surface area contributed by atoms with E-state index in [9.17, 15) is 10.1 Å². The lowest BCUT2D eigenvalue weighted by atomic mass is 10.2. The molecule has 0 radical (unpaired) electrons. The van der Waals surface area contributed by atoms with Crippen molar-refractivity contribution in [2.45, 2.75) is 29.9 Å². The Labute approximate surface area is 166 Å². The van der Waals surface area contributed by atoms with E-state index in [-0.39, 0.29) is 11.2 Å². The van der Waals surface area contributed by atoms with Gasteiger partial charge in [-0.15, -0.1) is 11.3 Å². The van der Waals surface area contributed by atoms with E-state index in [1.165, 1.54) is 11.8 Å². The van der Waals surface area contributed by atoms with Crippen molar-refractivity contribution in [1.82, 2.24) is 4.98 Å². The summed E-state index contributed by atoms with van der Waals surface area (Å²) in [5.41, 5.74) is 1.89. The molecule has 0 aliphatic rings. The first-order valence-corrected chi connectivity index (χ1v) is 10.3. The second-order valence-corrected chi connectivity index (χ2v) is 8.18. The number of thiazole rings is 1. The van der Waals surface area contributed by atoms with Gasteiger partial charge in [-0.2, -0.15) is 5.26 Å². The van der Waals surface area contributed by atoms with Crippen LogP contribution in [0.5, 0.6) is 5.75 Å². The van der Waals surface area contributed by atoms with Crippen LogP contribution in [0.3, 0.4) is 0 Å². The van der Waals surface area contributed by atoms with Gasteiger partial charge in [0.1, 0.15) is 11.8 Å². The maximum absolute atomic E-state index is 12.7. The van der Waals surface area contributed by atoms with E-state index in [1.54, 1.807) is 35.6 Å². The van der Waals surface area contributed by atoms with Crippen molar-refractivity contribution < 1.29 is 9.53 Å². The highest BCUT2D eigenvalue weighted by Crippen LogP contribution is 2.35. The molecule has 0 bridgehead atoms. The van der Waals surface area contributed by atoms with Crippen molar-refractivity contribution in [1.29, 1.82) is 5.26 Å². The van der Waals surface area contributed by atoms with Gasteiger partial charge >= 0.3 is 0 Å². The van der Waals surface area contributed by atoms with E-state index in [1.807, 2.05) is 32.0 Å². The Bertz CT molecular complexity index is 994. The summed E-state index contributed by atoms with van der Waals surface area (Å²) in [6, 6.07) is 14.9. The molecule has 0 aliphatic heterocycles. The third-order valence-electron chi connectivity index (χ3n) is 3.86. The highest BCUT2D eigenvalue weighted by Gasteiger charge is 2.21. The molecule has 7 heteroatoms. The second kappa shape index (κ2) is 8.89. The number of rotatable bonds is 7. The van der Waals surface area contributed by atoms with Crippen LogP contribution < -0.4 is 10.1 Å². The largest absolute Gasteiger partial charge is 0.494 e.